The lowest BCUT2D eigenvalue weighted by Crippen LogP contribution is -2.00. The number of nitrogens with zero attached hydrogens (tertiary/aromatic N) is 1. The molecule has 1 aromatic carbocycles. The first kappa shape index (κ1) is 14.3. The van der Waals surface area contributed by atoms with Crippen LogP contribution in [0.5, 0.6) is 0 Å². The molecule has 3 aromatic rings. The van der Waals surface area contributed by atoms with E-state index in [0.29, 0.717) is 0 Å². The number of alkyl halides is 1. The first-order valence-corrected chi connectivity index (χ1v) is 8.03. The third-order valence-electron chi connectivity index (χ3n) is 3.98. The lowest BCUT2D eigenvalue weighted by Gasteiger charge is -2.10. The minimum Gasteiger partial charge on any atom is -0.466 e. The highest BCUT2D eigenvalue weighted by atomic mass is 79.9. The summed E-state index contributed by atoms with van der Waals surface area (Å²) in [6.45, 7) is 6.15. The number of hydrogen-bond acceptors (Lipinski definition) is 2. The molecule has 108 valence electrons. The lowest BCUT2D eigenvalue weighted by atomic mass is 10.0. The largest absolute Gasteiger partial charge is 0.466 e. The topological polar surface area (TPSA) is 26.0 Å². The molecular weight excluding hydrogens is 326 g/mol. The monoisotopic (exact) mass is 343 g/mol. The van der Waals surface area contributed by atoms with Crippen LogP contribution in [0.4, 0.5) is 0 Å². The van der Waals surface area contributed by atoms with Crippen molar-refractivity contribution in [3.63, 3.8) is 0 Å². The standard InChI is InChI=1S/C18H18BrNO/c1-11-12(2)21-13(3)18(11)16(19)10-15-9-8-14-6-4-5-7-17(14)20-15/h4-9,16H,10H2,1-3H3. The molecule has 0 saturated carbocycles. The van der Waals surface area contributed by atoms with Crippen LogP contribution in [-0.2, 0) is 6.42 Å². The van der Waals surface area contributed by atoms with Crippen LogP contribution >= 0.6 is 15.9 Å². The van der Waals surface area contributed by atoms with Gasteiger partial charge < -0.3 is 4.42 Å². The second-order valence-electron chi connectivity index (χ2n) is 5.42. The number of pyridine rings is 1. The molecule has 0 aliphatic heterocycles. The Morgan fingerprint density at radius 3 is 2.52 bits per heavy atom. The zero-order chi connectivity index (χ0) is 15.0. The Morgan fingerprint density at radius 1 is 1.05 bits per heavy atom. The van der Waals surface area contributed by atoms with Crippen LogP contribution in [0.15, 0.2) is 40.8 Å². The van der Waals surface area contributed by atoms with Crippen molar-refractivity contribution in [3.8, 4) is 0 Å². The average Bonchev–Trinajstić information content (AvgIpc) is 2.72. The Labute approximate surface area is 133 Å². The van der Waals surface area contributed by atoms with Crippen molar-refractivity contribution in [2.75, 3.05) is 0 Å². The van der Waals surface area contributed by atoms with Gasteiger partial charge in [0.2, 0.25) is 0 Å². The number of hydrogen-bond donors (Lipinski definition) is 0. The van der Waals surface area contributed by atoms with Crippen molar-refractivity contribution in [3.05, 3.63) is 64.7 Å². The van der Waals surface area contributed by atoms with Gasteiger partial charge in [-0.2, -0.15) is 0 Å². The van der Waals surface area contributed by atoms with Crippen LogP contribution in [0.1, 0.15) is 33.2 Å². The summed E-state index contributed by atoms with van der Waals surface area (Å²) in [5.41, 5.74) is 4.62. The predicted molar refractivity (Wildman–Crippen MR) is 90.0 cm³/mol. The van der Waals surface area contributed by atoms with Gasteiger partial charge in [0.05, 0.1) is 5.52 Å². The number of para-hydroxylation sites is 1. The van der Waals surface area contributed by atoms with Crippen LogP contribution in [0.2, 0.25) is 0 Å². The smallest absolute Gasteiger partial charge is 0.105 e. The maximum Gasteiger partial charge on any atom is 0.105 e. The highest BCUT2D eigenvalue weighted by Crippen LogP contribution is 2.34. The minimum atomic E-state index is 0.226. The third kappa shape index (κ3) is 2.75. The van der Waals surface area contributed by atoms with Gasteiger partial charge in [-0.05, 0) is 38.5 Å². The summed E-state index contributed by atoms with van der Waals surface area (Å²) in [7, 11) is 0. The van der Waals surface area contributed by atoms with Crippen LogP contribution in [-0.4, -0.2) is 4.98 Å². The molecule has 0 radical (unpaired) electrons. The van der Waals surface area contributed by atoms with E-state index in [4.69, 9.17) is 9.40 Å². The van der Waals surface area contributed by atoms with Crippen molar-refractivity contribution < 1.29 is 4.42 Å². The highest BCUT2D eigenvalue weighted by molar-refractivity contribution is 9.09. The lowest BCUT2D eigenvalue weighted by molar-refractivity contribution is 0.499. The second-order valence-corrected chi connectivity index (χ2v) is 6.53. The van der Waals surface area contributed by atoms with E-state index in [1.165, 1.54) is 16.5 Å². The van der Waals surface area contributed by atoms with E-state index in [9.17, 15) is 0 Å². The van der Waals surface area contributed by atoms with Gasteiger partial charge in [-0.15, -0.1) is 0 Å². The predicted octanol–water partition coefficient (Wildman–Crippen LogP) is 5.43. The summed E-state index contributed by atoms with van der Waals surface area (Å²) in [5.74, 6) is 1.99. The number of aromatic nitrogens is 1. The third-order valence-corrected chi connectivity index (χ3v) is 4.76. The molecule has 2 aromatic heterocycles. The Kier molecular flexibility index (Phi) is 3.85. The van der Waals surface area contributed by atoms with E-state index >= 15 is 0 Å². The van der Waals surface area contributed by atoms with Crippen molar-refractivity contribution in [1.29, 1.82) is 0 Å². The van der Waals surface area contributed by atoms with E-state index < -0.39 is 0 Å². The Bertz CT molecular complexity index is 791. The molecule has 0 fully saturated rings. The Morgan fingerprint density at radius 2 is 1.81 bits per heavy atom. The summed E-state index contributed by atoms with van der Waals surface area (Å²) in [6, 6.07) is 12.5. The Hall–Kier alpha value is -1.61. The molecule has 0 amide bonds. The van der Waals surface area contributed by atoms with E-state index in [2.05, 4.69) is 47.1 Å². The second kappa shape index (κ2) is 5.64. The average molecular weight is 344 g/mol. The molecule has 0 saturated heterocycles. The number of furan rings is 1. The molecule has 0 aliphatic carbocycles. The highest BCUT2D eigenvalue weighted by Gasteiger charge is 2.19. The Balaban J connectivity index is 1.90. The number of aryl methyl sites for hydroxylation is 2. The van der Waals surface area contributed by atoms with Crippen LogP contribution in [0.3, 0.4) is 0 Å². The molecule has 0 spiro atoms. The van der Waals surface area contributed by atoms with Gasteiger partial charge in [-0.25, -0.2) is 0 Å². The molecule has 0 N–H and O–H groups in total. The number of rotatable bonds is 3. The van der Waals surface area contributed by atoms with Crippen LogP contribution < -0.4 is 0 Å². The molecule has 1 atom stereocenters. The molecular formula is C18H18BrNO. The fourth-order valence-corrected chi connectivity index (χ4v) is 3.78. The van der Waals surface area contributed by atoms with E-state index in [1.54, 1.807) is 0 Å². The summed E-state index contributed by atoms with van der Waals surface area (Å²) in [6.07, 6.45) is 0.853. The molecule has 3 rings (SSSR count). The zero-order valence-corrected chi connectivity index (χ0v) is 14.1. The van der Waals surface area contributed by atoms with Crippen LogP contribution in [0, 0.1) is 20.8 Å². The first-order chi connectivity index (χ1) is 10.1. The molecule has 0 bridgehead atoms. The molecule has 21 heavy (non-hydrogen) atoms. The fourth-order valence-electron chi connectivity index (χ4n) is 2.78. The van der Waals surface area contributed by atoms with Gasteiger partial charge in [-0.1, -0.05) is 40.2 Å². The van der Waals surface area contributed by atoms with Gasteiger partial charge >= 0.3 is 0 Å². The van der Waals surface area contributed by atoms with Crippen molar-refractivity contribution >= 4 is 26.8 Å². The van der Waals surface area contributed by atoms with Gasteiger partial charge in [0.15, 0.2) is 0 Å². The normalized spacial score (nSPS) is 12.8. The minimum absolute atomic E-state index is 0.226. The molecule has 0 aliphatic rings. The number of halogens is 1. The molecule has 3 heteroatoms. The van der Waals surface area contributed by atoms with Crippen LogP contribution in [0.25, 0.3) is 10.9 Å². The van der Waals surface area contributed by atoms with Gasteiger partial charge in [0.25, 0.3) is 0 Å². The van der Waals surface area contributed by atoms with Crippen molar-refractivity contribution in [1.82, 2.24) is 4.98 Å². The summed E-state index contributed by atoms with van der Waals surface area (Å²) in [4.78, 5) is 4.97. The summed E-state index contributed by atoms with van der Waals surface area (Å²) in [5, 5.41) is 1.18. The summed E-state index contributed by atoms with van der Waals surface area (Å²) < 4.78 is 5.72. The fraction of sp³-hybridized carbons (Fsp3) is 0.278. The maximum atomic E-state index is 5.72. The van der Waals surface area contributed by atoms with Gasteiger partial charge in [-0.3, -0.25) is 4.98 Å². The quantitative estimate of drug-likeness (QED) is 0.592. The van der Waals surface area contributed by atoms with E-state index in [1.807, 2.05) is 26.0 Å². The zero-order valence-electron chi connectivity index (χ0n) is 12.5. The number of benzene rings is 1. The van der Waals surface area contributed by atoms with Gasteiger partial charge in [0, 0.05) is 27.9 Å². The first-order valence-electron chi connectivity index (χ1n) is 7.11. The van der Waals surface area contributed by atoms with E-state index in [-0.39, 0.29) is 4.83 Å². The summed E-state index contributed by atoms with van der Waals surface area (Å²) >= 11 is 3.80. The molecule has 2 heterocycles. The van der Waals surface area contributed by atoms with Gasteiger partial charge in [0.1, 0.15) is 11.5 Å². The number of fused-ring (bicyclic) bond motifs is 1. The van der Waals surface area contributed by atoms with Crippen molar-refractivity contribution in [2.45, 2.75) is 32.0 Å². The van der Waals surface area contributed by atoms with Crippen molar-refractivity contribution in [2.24, 2.45) is 0 Å². The molecule has 1 unspecified atom stereocenters. The maximum absolute atomic E-state index is 5.72. The molecule has 2 nitrogen and oxygen atoms in total. The SMILES string of the molecule is Cc1oc(C)c(C(Br)Cc2ccc3ccccc3n2)c1C. The van der Waals surface area contributed by atoms with E-state index in [0.717, 1.165) is 29.2 Å².